The van der Waals surface area contributed by atoms with Crippen LogP contribution in [0.4, 0.5) is 0 Å². The molecule has 0 spiro atoms. The molecule has 1 aliphatic rings. The third-order valence-corrected chi connectivity index (χ3v) is 2.81. The van der Waals surface area contributed by atoms with Gasteiger partial charge in [0.15, 0.2) is 0 Å². The number of aryl methyl sites for hydroxylation is 1. The minimum absolute atomic E-state index is 0.0585. The number of methoxy groups -OCH3 is 1. The zero-order valence-corrected chi connectivity index (χ0v) is 9.17. The number of fused-ring (bicyclic) bond motifs is 1. The van der Waals surface area contributed by atoms with Crippen molar-refractivity contribution in [3.05, 3.63) is 22.2 Å². The molecule has 80 valence electrons. The summed E-state index contributed by atoms with van der Waals surface area (Å²) in [6, 6.07) is 0. The van der Waals surface area contributed by atoms with Crippen LogP contribution in [0.25, 0.3) is 0 Å². The second-order valence-electron chi connectivity index (χ2n) is 3.46. The molecule has 15 heavy (non-hydrogen) atoms. The Bertz CT molecular complexity index is 407. The lowest BCUT2D eigenvalue weighted by molar-refractivity contribution is 0.0586. The van der Waals surface area contributed by atoms with Gasteiger partial charge in [-0.25, -0.2) is 14.8 Å². The molecular weight excluding hydrogens is 216 g/mol. The van der Waals surface area contributed by atoms with Gasteiger partial charge in [0.05, 0.1) is 7.11 Å². The lowest BCUT2D eigenvalue weighted by Crippen LogP contribution is -2.14. The average molecular weight is 227 g/mol. The van der Waals surface area contributed by atoms with E-state index in [1.807, 2.05) is 0 Å². The van der Waals surface area contributed by atoms with Crippen LogP contribution in [-0.2, 0) is 17.6 Å². The molecule has 2 rings (SSSR count). The van der Waals surface area contributed by atoms with Crippen molar-refractivity contribution in [1.82, 2.24) is 9.97 Å². The third kappa shape index (κ3) is 1.95. The van der Waals surface area contributed by atoms with E-state index in [0.717, 1.165) is 36.9 Å². The molecule has 0 aromatic carbocycles. The van der Waals surface area contributed by atoms with Crippen molar-refractivity contribution in [2.45, 2.75) is 25.7 Å². The standard InChI is InChI=1S/C10H11ClN2O2/c1-15-10(14)9-12-7-5-3-2-4-6(7)8(11)13-9/h2-5H2,1H3. The van der Waals surface area contributed by atoms with Gasteiger partial charge in [0.1, 0.15) is 5.15 Å². The highest BCUT2D eigenvalue weighted by Gasteiger charge is 2.19. The van der Waals surface area contributed by atoms with Gasteiger partial charge in [0.25, 0.3) is 0 Å². The highest BCUT2D eigenvalue weighted by atomic mass is 35.5. The van der Waals surface area contributed by atoms with E-state index in [4.69, 9.17) is 11.6 Å². The lowest BCUT2D eigenvalue weighted by atomic mass is 9.97. The summed E-state index contributed by atoms with van der Waals surface area (Å²) in [6.45, 7) is 0. The molecular formula is C10H11ClN2O2. The molecule has 0 N–H and O–H groups in total. The number of hydrogen-bond donors (Lipinski definition) is 0. The number of nitrogens with zero attached hydrogens (tertiary/aromatic N) is 2. The average Bonchev–Trinajstić information content (AvgIpc) is 2.28. The fourth-order valence-electron chi connectivity index (χ4n) is 1.73. The predicted molar refractivity (Wildman–Crippen MR) is 55.0 cm³/mol. The number of hydrogen-bond acceptors (Lipinski definition) is 4. The van der Waals surface area contributed by atoms with Crippen LogP contribution in [0.3, 0.4) is 0 Å². The summed E-state index contributed by atoms with van der Waals surface area (Å²) in [6.07, 6.45) is 3.95. The third-order valence-electron chi connectivity index (χ3n) is 2.50. The van der Waals surface area contributed by atoms with E-state index < -0.39 is 5.97 Å². The number of carbonyl (C=O) groups excluding carboxylic acids is 1. The smallest absolute Gasteiger partial charge is 0.376 e. The Morgan fingerprint density at radius 3 is 2.80 bits per heavy atom. The molecule has 1 aliphatic carbocycles. The summed E-state index contributed by atoms with van der Waals surface area (Å²) in [7, 11) is 1.30. The number of aromatic nitrogens is 2. The Hall–Kier alpha value is -1.16. The summed E-state index contributed by atoms with van der Waals surface area (Å²) >= 11 is 5.99. The van der Waals surface area contributed by atoms with Crippen LogP contribution in [0.5, 0.6) is 0 Å². The maximum atomic E-state index is 11.2. The Kier molecular flexibility index (Phi) is 2.86. The van der Waals surface area contributed by atoms with E-state index in [2.05, 4.69) is 14.7 Å². The van der Waals surface area contributed by atoms with Crippen molar-refractivity contribution in [2.24, 2.45) is 0 Å². The molecule has 1 aromatic heterocycles. The molecule has 0 atom stereocenters. The monoisotopic (exact) mass is 226 g/mol. The van der Waals surface area contributed by atoms with Crippen LogP contribution in [0.15, 0.2) is 0 Å². The van der Waals surface area contributed by atoms with Crippen molar-refractivity contribution in [3.63, 3.8) is 0 Å². The molecule has 0 amide bonds. The van der Waals surface area contributed by atoms with E-state index in [1.165, 1.54) is 7.11 Å². The van der Waals surface area contributed by atoms with E-state index in [0.29, 0.717) is 5.15 Å². The minimum atomic E-state index is -0.537. The van der Waals surface area contributed by atoms with E-state index in [9.17, 15) is 4.79 Å². The topological polar surface area (TPSA) is 52.1 Å². The quantitative estimate of drug-likeness (QED) is 0.541. The highest BCUT2D eigenvalue weighted by Crippen LogP contribution is 2.25. The van der Waals surface area contributed by atoms with Gasteiger partial charge in [-0.15, -0.1) is 0 Å². The first-order chi connectivity index (χ1) is 7.22. The van der Waals surface area contributed by atoms with Crippen LogP contribution >= 0.6 is 11.6 Å². The number of halogens is 1. The molecule has 1 aromatic rings. The van der Waals surface area contributed by atoms with Gasteiger partial charge in [-0.2, -0.15) is 0 Å². The normalized spacial score (nSPS) is 14.5. The summed E-state index contributed by atoms with van der Waals surface area (Å²) in [5.74, 6) is -0.478. The molecule has 0 aliphatic heterocycles. The molecule has 0 fully saturated rings. The van der Waals surface area contributed by atoms with Crippen LogP contribution in [0.1, 0.15) is 34.7 Å². The summed E-state index contributed by atoms with van der Waals surface area (Å²) in [4.78, 5) is 19.4. The molecule has 0 bridgehead atoms. The first-order valence-corrected chi connectivity index (χ1v) is 5.23. The van der Waals surface area contributed by atoms with Crippen molar-refractivity contribution in [1.29, 1.82) is 0 Å². The van der Waals surface area contributed by atoms with E-state index in [-0.39, 0.29) is 5.82 Å². The Labute approximate surface area is 92.6 Å². The first-order valence-electron chi connectivity index (χ1n) is 4.86. The van der Waals surface area contributed by atoms with Gasteiger partial charge in [-0.05, 0) is 25.7 Å². The van der Waals surface area contributed by atoms with Gasteiger partial charge in [-0.3, -0.25) is 0 Å². The zero-order chi connectivity index (χ0) is 10.8. The molecule has 0 radical (unpaired) electrons. The van der Waals surface area contributed by atoms with Gasteiger partial charge in [0.2, 0.25) is 5.82 Å². The highest BCUT2D eigenvalue weighted by molar-refractivity contribution is 6.30. The van der Waals surface area contributed by atoms with Gasteiger partial charge in [0, 0.05) is 11.3 Å². The molecule has 5 heteroatoms. The summed E-state index contributed by atoms with van der Waals surface area (Å²) in [5, 5.41) is 0.389. The van der Waals surface area contributed by atoms with E-state index >= 15 is 0 Å². The number of carbonyl (C=O) groups is 1. The Balaban J connectivity index is 2.45. The second-order valence-corrected chi connectivity index (χ2v) is 3.82. The number of rotatable bonds is 1. The second kappa shape index (κ2) is 4.14. The fraction of sp³-hybridized carbons (Fsp3) is 0.500. The van der Waals surface area contributed by atoms with Crippen molar-refractivity contribution in [3.8, 4) is 0 Å². The molecule has 4 nitrogen and oxygen atoms in total. The maximum absolute atomic E-state index is 11.2. The molecule has 0 unspecified atom stereocenters. The molecule has 0 saturated carbocycles. The maximum Gasteiger partial charge on any atom is 0.376 e. The fourth-order valence-corrected chi connectivity index (χ4v) is 2.01. The first kappa shape index (κ1) is 10.4. The number of esters is 1. The molecule has 0 saturated heterocycles. The van der Waals surface area contributed by atoms with E-state index in [1.54, 1.807) is 0 Å². The summed E-state index contributed by atoms with van der Waals surface area (Å²) in [5.41, 5.74) is 1.87. The Morgan fingerprint density at radius 2 is 2.07 bits per heavy atom. The van der Waals surface area contributed by atoms with Crippen LogP contribution < -0.4 is 0 Å². The van der Waals surface area contributed by atoms with Crippen molar-refractivity contribution < 1.29 is 9.53 Å². The van der Waals surface area contributed by atoms with Crippen LogP contribution in [-0.4, -0.2) is 23.0 Å². The SMILES string of the molecule is COC(=O)c1nc(Cl)c2c(n1)CCCC2. The summed E-state index contributed by atoms with van der Waals surface area (Å²) < 4.78 is 4.56. The van der Waals surface area contributed by atoms with Crippen LogP contribution in [0.2, 0.25) is 5.15 Å². The zero-order valence-electron chi connectivity index (χ0n) is 8.42. The van der Waals surface area contributed by atoms with Crippen molar-refractivity contribution >= 4 is 17.6 Å². The molecule has 1 heterocycles. The lowest BCUT2D eigenvalue weighted by Gasteiger charge is -2.15. The largest absolute Gasteiger partial charge is 0.463 e. The van der Waals surface area contributed by atoms with Gasteiger partial charge in [-0.1, -0.05) is 11.6 Å². The minimum Gasteiger partial charge on any atom is -0.463 e. The van der Waals surface area contributed by atoms with Crippen LogP contribution in [0, 0.1) is 0 Å². The van der Waals surface area contributed by atoms with Crippen molar-refractivity contribution in [2.75, 3.05) is 7.11 Å². The van der Waals surface area contributed by atoms with Gasteiger partial charge < -0.3 is 4.74 Å². The number of ether oxygens (including phenoxy) is 1. The predicted octanol–water partition coefficient (Wildman–Crippen LogP) is 1.80. The Morgan fingerprint density at radius 1 is 1.33 bits per heavy atom. The van der Waals surface area contributed by atoms with Gasteiger partial charge >= 0.3 is 5.97 Å².